The molecule has 66 valence electrons. The van der Waals surface area contributed by atoms with Crippen molar-refractivity contribution in [2.45, 2.75) is 6.61 Å². The maximum atomic E-state index is 8.69. The number of azide groups is 1. The van der Waals surface area contributed by atoms with Gasteiger partial charge in [0, 0.05) is 10.3 Å². The lowest BCUT2D eigenvalue weighted by molar-refractivity contribution is 0.277. The molecule has 1 N–H and O–H groups in total. The summed E-state index contributed by atoms with van der Waals surface area (Å²) in [4.78, 5) is 6.54. The lowest BCUT2D eigenvalue weighted by Crippen LogP contribution is -1.81. The molecule has 0 aliphatic heterocycles. The molecule has 0 saturated carbocycles. The standard InChI is InChI=1S/C7H6N4OS/c8-11-9-3-1-2-7-10-6(4-12)5-13-7/h5,12H,3-4H2. The summed E-state index contributed by atoms with van der Waals surface area (Å²) in [7, 11) is 0. The second kappa shape index (κ2) is 5.17. The first-order valence-electron chi connectivity index (χ1n) is 3.42. The van der Waals surface area contributed by atoms with Gasteiger partial charge in [-0.25, -0.2) is 4.98 Å². The van der Waals surface area contributed by atoms with Crippen LogP contribution < -0.4 is 0 Å². The first kappa shape index (κ1) is 9.55. The highest BCUT2D eigenvalue weighted by atomic mass is 32.1. The number of rotatable bonds is 2. The molecule has 0 amide bonds. The van der Waals surface area contributed by atoms with E-state index in [4.69, 9.17) is 10.6 Å². The van der Waals surface area contributed by atoms with Crippen LogP contribution in [0.2, 0.25) is 0 Å². The highest BCUT2D eigenvalue weighted by Crippen LogP contribution is 2.07. The maximum Gasteiger partial charge on any atom is 0.167 e. The van der Waals surface area contributed by atoms with Gasteiger partial charge >= 0.3 is 0 Å². The van der Waals surface area contributed by atoms with Crippen molar-refractivity contribution in [3.63, 3.8) is 0 Å². The van der Waals surface area contributed by atoms with Crippen molar-refractivity contribution in [3.05, 3.63) is 26.5 Å². The summed E-state index contributed by atoms with van der Waals surface area (Å²) in [6.45, 7) is 0.0685. The average molecular weight is 194 g/mol. The molecule has 0 bridgehead atoms. The van der Waals surface area contributed by atoms with Crippen LogP contribution in [0.4, 0.5) is 0 Å². The Morgan fingerprint density at radius 3 is 3.23 bits per heavy atom. The van der Waals surface area contributed by atoms with E-state index in [0.717, 1.165) is 0 Å². The minimum absolute atomic E-state index is 0.0749. The lowest BCUT2D eigenvalue weighted by Gasteiger charge is -1.80. The zero-order chi connectivity index (χ0) is 9.52. The quantitative estimate of drug-likeness (QED) is 0.333. The molecule has 1 aromatic rings. The Hall–Kier alpha value is -1.54. The molecule has 0 saturated heterocycles. The average Bonchev–Trinajstić information content (AvgIpc) is 2.60. The number of aromatic nitrogens is 1. The Morgan fingerprint density at radius 1 is 1.77 bits per heavy atom. The van der Waals surface area contributed by atoms with Crippen LogP contribution in [-0.4, -0.2) is 16.6 Å². The highest BCUT2D eigenvalue weighted by Gasteiger charge is 1.95. The summed E-state index contributed by atoms with van der Waals surface area (Å²) >= 11 is 1.35. The summed E-state index contributed by atoms with van der Waals surface area (Å²) < 4.78 is 0. The predicted octanol–water partition coefficient (Wildman–Crippen LogP) is 1.30. The molecule has 6 heteroatoms. The summed E-state index contributed by atoms with van der Waals surface area (Å²) in [5, 5.41) is 14.3. The molecule has 1 rings (SSSR count). The minimum atomic E-state index is -0.0749. The van der Waals surface area contributed by atoms with Crippen molar-refractivity contribution in [3.8, 4) is 11.8 Å². The van der Waals surface area contributed by atoms with E-state index in [1.807, 2.05) is 0 Å². The van der Waals surface area contributed by atoms with E-state index in [2.05, 4.69) is 26.9 Å². The third-order valence-electron chi connectivity index (χ3n) is 1.12. The van der Waals surface area contributed by atoms with E-state index in [9.17, 15) is 0 Å². The molecule has 0 atom stereocenters. The fraction of sp³-hybridized carbons (Fsp3) is 0.286. The summed E-state index contributed by atoms with van der Waals surface area (Å²) in [5.74, 6) is 5.35. The zero-order valence-electron chi connectivity index (χ0n) is 6.64. The first-order valence-corrected chi connectivity index (χ1v) is 4.29. The van der Waals surface area contributed by atoms with E-state index in [0.29, 0.717) is 10.7 Å². The first-order chi connectivity index (χ1) is 6.36. The number of aliphatic hydroxyl groups excluding tert-OH is 1. The van der Waals surface area contributed by atoms with Gasteiger partial charge in [0.25, 0.3) is 0 Å². The van der Waals surface area contributed by atoms with Crippen LogP contribution in [0.15, 0.2) is 10.5 Å². The number of hydrogen-bond donors (Lipinski definition) is 1. The van der Waals surface area contributed by atoms with Crippen molar-refractivity contribution in [2.75, 3.05) is 6.54 Å². The van der Waals surface area contributed by atoms with Crippen molar-refractivity contribution in [1.29, 1.82) is 0 Å². The Balaban J connectivity index is 2.60. The van der Waals surface area contributed by atoms with Gasteiger partial charge in [0.05, 0.1) is 18.8 Å². The molecule has 0 aliphatic carbocycles. The molecule has 0 aliphatic rings. The Labute approximate surface area is 78.7 Å². The summed E-state index contributed by atoms with van der Waals surface area (Å²) in [6.07, 6.45) is 0. The van der Waals surface area contributed by atoms with E-state index in [-0.39, 0.29) is 13.2 Å². The minimum Gasteiger partial charge on any atom is -0.390 e. The fourth-order valence-corrected chi connectivity index (χ4v) is 1.30. The Bertz CT molecular complexity index is 383. The molecule has 0 fully saturated rings. The summed E-state index contributed by atoms with van der Waals surface area (Å²) in [5.41, 5.74) is 8.56. The number of thiazole rings is 1. The second-order valence-electron chi connectivity index (χ2n) is 1.99. The van der Waals surface area contributed by atoms with Crippen LogP contribution in [-0.2, 0) is 6.61 Å². The normalized spacial score (nSPS) is 8.38. The van der Waals surface area contributed by atoms with Crippen molar-refractivity contribution < 1.29 is 5.11 Å². The molecular formula is C7H6N4OS. The van der Waals surface area contributed by atoms with Gasteiger partial charge in [-0.05, 0) is 11.5 Å². The highest BCUT2D eigenvalue weighted by molar-refractivity contribution is 7.10. The number of aliphatic hydroxyl groups is 1. The van der Waals surface area contributed by atoms with Crippen LogP contribution in [0, 0.1) is 11.8 Å². The predicted molar refractivity (Wildman–Crippen MR) is 48.9 cm³/mol. The number of nitrogens with zero attached hydrogens (tertiary/aromatic N) is 4. The van der Waals surface area contributed by atoms with Gasteiger partial charge in [0.15, 0.2) is 5.01 Å². The van der Waals surface area contributed by atoms with E-state index >= 15 is 0 Å². The van der Waals surface area contributed by atoms with Gasteiger partial charge in [0.2, 0.25) is 0 Å². The van der Waals surface area contributed by atoms with Crippen molar-refractivity contribution >= 4 is 11.3 Å². The Kier molecular flexibility index (Phi) is 3.79. The molecule has 5 nitrogen and oxygen atoms in total. The van der Waals surface area contributed by atoms with Gasteiger partial charge in [0.1, 0.15) is 0 Å². The van der Waals surface area contributed by atoms with Gasteiger partial charge in [-0.2, -0.15) is 0 Å². The third-order valence-corrected chi connectivity index (χ3v) is 1.93. The van der Waals surface area contributed by atoms with Crippen LogP contribution >= 0.6 is 11.3 Å². The SMILES string of the molecule is [N-]=[N+]=NCC#Cc1nc(CO)cs1. The topological polar surface area (TPSA) is 81.9 Å². The van der Waals surface area contributed by atoms with E-state index in [1.54, 1.807) is 5.38 Å². The van der Waals surface area contributed by atoms with Gasteiger partial charge in [-0.3, -0.25) is 0 Å². The fourth-order valence-electron chi connectivity index (χ4n) is 0.619. The van der Waals surface area contributed by atoms with Crippen LogP contribution in [0.5, 0.6) is 0 Å². The maximum absolute atomic E-state index is 8.69. The zero-order valence-corrected chi connectivity index (χ0v) is 7.45. The largest absolute Gasteiger partial charge is 0.390 e. The van der Waals surface area contributed by atoms with Gasteiger partial charge in [-0.1, -0.05) is 11.0 Å². The Morgan fingerprint density at radius 2 is 2.62 bits per heavy atom. The molecule has 0 radical (unpaired) electrons. The van der Waals surface area contributed by atoms with Gasteiger partial charge < -0.3 is 5.11 Å². The molecule has 0 spiro atoms. The molecule has 13 heavy (non-hydrogen) atoms. The molecule has 1 heterocycles. The molecular weight excluding hydrogens is 188 g/mol. The third kappa shape index (κ3) is 3.13. The monoisotopic (exact) mass is 194 g/mol. The van der Waals surface area contributed by atoms with E-state index in [1.165, 1.54) is 11.3 Å². The van der Waals surface area contributed by atoms with Gasteiger partial charge in [-0.15, -0.1) is 11.3 Å². The molecule has 0 aromatic carbocycles. The lowest BCUT2D eigenvalue weighted by atomic mass is 10.5. The van der Waals surface area contributed by atoms with Crippen LogP contribution in [0.25, 0.3) is 10.4 Å². The second-order valence-corrected chi connectivity index (χ2v) is 2.85. The number of hydrogen-bond acceptors (Lipinski definition) is 4. The molecule has 0 unspecified atom stereocenters. The smallest absolute Gasteiger partial charge is 0.167 e. The molecule has 1 aromatic heterocycles. The van der Waals surface area contributed by atoms with Crippen molar-refractivity contribution in [1.82, 2.24) is 4.98 Å². The van der Waals surface area contributed by atoms with E-state index < -0.39 is 0 Å². The van der Waals surface area contributed by atoms with Crippen molar-refractivity contribution in [2.24, 2.45) is 5.11 Å². The van der Waals surface area contributed by atoms with Crippen LogP contribution in [0.3, 0.4) is 0 Å². The van der Waals surface area contributed by atoms with Crippen LogP contribution in [0.1, 0.15) is 10.7 Å². The summed E-state index contributed by atoms with van der Waals surface area (Å²) in [6, 6.07) is 0.